The second-order valence-electron chi connectivity index (χ2n) is 8.49. The van der Waals surface area contributed by atoms with Gasteiger partial charge in [-0.3, -0.25) is 9.69 Å². The number of hydrogen-bond donors (Lipinski definition) is 0. The summed E-state index contributed by atoms with van der Waals surface area (Å²) < 4.78 is 21.5. The molecule has 0 radical (unpaired) electrons. The summed E-state index contributed by atoms with van der Waals surface area (Å²) in [5, 5.41) is 11.0. The number of rotatable bonds is 4. The molecule has 10 nitrogen and oxygen atoms in total. The van der Waals surface area contributed by atoms with E-state index >= 15 is 0 Å². The minimum absolute atomic E-state index is 0.0508. The molecule has 0 unspecified atom stereocenters. The summed E-state index contributed by atoms with van der Waals surface area (Å²) in [5.74, 6) is 0.135. The zero-order chi connectivity index (χ0) is 23.7. The molecule has 4 heterocycles. The number of ether oxygens (including phenoxy) is 1. The van der Waals surface area contributed by atoms with Crippen LogP contribution in [0.3, 0.4) is 0 Å². The molecule has 2 aliphatic heterocycles. The maximum absolute atomic E-state index is 13.9. The van der Waals surface area contributed by atoms with E-state index in [9.17, 15) is 9.18 Å². The van der Waals surface area contributed by atoms with E-state index in [-0.39, 0.29) is 30.2 Å². The Kier molecular flexibility index (Phi) is 6.00. The lowest BCUT2D eigenvalue weighted by Gasteiger charge is -2.46. The Hall–Kier alpha value is -3.75. The fourth-order valence-electron chi connectivity index (χ4n) is 4.58. The van der Waals surface area contributed by atoms with Gasteiger partial charge in [0.05, 0.1) is 31.7 Å². The van der Waals surface area contributed by atoms with Crippen molar-refractivity contribution in [1.29, 1.82) is 0 Å². The first kappa shape index (κ1) is 22.1. The highest BCUT2D eigenvalue weighted by Gasteiger charge is 2.36. The first-order valence-electron chi connectivity index (χ1n) is 11.0. The van der Waals surface area contributed by atoms with Crippen molar-refractivity contribution in [3.63, 3.8) is 0 Å². The summed E-state index contributed by atoms with van der Waals surface area (Å²) in [7, 11) is 0. The number of fused-ring (bicyclic) bond motifs is 1. The highest BCUT2D eigenvalue weighted by molar-refractivity contribution is 5.79. The van der Waals surface area contributed by atoms with Crippen molar-refractivity contribution in [3.8, 4) is 5.82 Å². The average molecular weight is 462 g/mol. The lowest BCUT2D eigenvalue weighted by atomic mass is 9.98. The van der Waals surface area contributed by atoms with Gasteiger partial charge >= 0.3 is 0 Å². The summed E-state index contributed by atoms with van der Waals surface area (Å²) >= 11 is 0. The number of carbonyl (C=O) groups is 1. The molecule has 2 atom stereocenters. The van der Waals surface area contributed by atoms with Crippen LogP contribution >= 0.6 is 0 Å². The lowest BCUT2D eigenvalue weighted by Crippen LogP contribution is -2.59. The Morgan fingerprint density at radius 1 is 1.26 bits per heavy atom. The van der Waals surface area contributed by atoms with Crippen LogP contribution in [0.5, 0.6) is 0 Å². The van der Waals surface area contributed by atoms with Crippen LogP contribution in [-0.2, 0) is 16.0 Å². The van der Waals surface area contributed by atoms with E-state index in [1.807, 2.05) is 11.0 Å². The van der Waals surface area contributed by atoms with Gasteiger partial charge in [0.2, 0.25) is 11.6 Å². The quantitative estimate of drug-likeness (QED) is 0.547. The van der Waals surface area contributed by atoms with Gasteiger partial charge < -0.3 is 9.64 Å². The maximum Gasteiger partial charge on any atom is 0.227 e. The predicted octanol–water partition coefficient (Wildman–Crippen LogP) is 1.88. The molecular formula is C23H23FN8O2. The minimum atomic E-state index is -0.502. The summed E-state index contributed by atoms with van der Waals surface area (Å²) in [6.45, 7) is 12.1. The summed E-state index contributed by atoms with van der Waals surface area (Å²) in [5.41, 5.74) is 2.36. The number of hydrogen-bond acceptors (Lipinski definition) is 7. The molecule has 34 heavy (non-hydrogen) atoms. The number of aromatic nitrogens is 5. The summed E-state index contributed by atoms with van der Waals surface area (Å²) in [6, 6.07) is 6.79. The van der Waals surface area contributed by atoms with Crippen LogP contribution in [-0.4, -0.2) is 79.7 Å². The van der Waals surface area contributed by atoms with Crippen molar-refractivity contribution in [2.45, 2.75) is 25.5 Å². The van der Waals surface area contributed by atoms with Crippen LogP contribution < -0.4 is 0 Å². The molecule has 0 bridgehead atoms. The molecule has 1 aromatic carbocycles. The van der Waals surface area contributed by atoms with Crippen molar-refractivity contribution in [2.24, 2.45) is 0 Å². The van der Waals surface area contributed by atoms with Crippen molar-refractivity contribution < 1.29 is 13.9 Å². The molecule has 3 aromatic rings. The van der Waals surface area contributed by atoms with E-state index < -0.39 is 5.82 Å². The Morgan fingerprint density at radius 3 is 2.88 bits per heavy atom. The summed E-state index contributed by atoms with van der Waals surface area (Å²) in [4.78, 5) is 24.8. The number of halogens is 1. The second kappa shape index (κ2) is 9.24. The van der Waals surface area contributed by atoms with Crippen LogP contribution in [0, 0.1) is 19.3 Å². The van der Waals surface area contributed by atoms with Crippen molar-refractivity contribution in [2.75, 3.05) is 32.8 Å². The fraction of sp³-hybridized carbons (Fsp3) is 0.391. The third kappa shape index (κ3) is 4.25. The van der Waals surface area contributed by atoms with Crippen molar-refractivity contribution in [3.05, 3.63) is 70.7 Å². The third-order valence-corrected chi connectivity index (χ3v) is 6.48. The van der Waals surface area contributed by atoms with Crippen LogP contribution in [0.15, 0.2) is 36.8 Å². The standard InChI is InChI=1S/C23H23FN8O2/c1-15-18(4-5-19(24)23(15)25-2)20-12-30-7-8-31(11-17(30)13-34-20)22(33)9-16-3-6-21(26-10-16)32-14-27-28-29-32/h3-6,10,14,17,20H,7-9,11-13H2,1H3/t17-,20-/m0/s1. The van der Waals surface area contributed by atoms with Gasteiger partial charge in [-0.05, 0) is 46.2 Å². The molecule has 2 fully saturated rings. The maximum atomic E-state index is 13.9. The monoisotopic (exact) mass is 462 g/mol. The summed E-state index contributed by atoms with van der Waals surface area (Å²) in [6.07, 6.45) is 3.18. The number of nitrogens with zero attached hydrogens (tertiary/aromatic N) is 8. The lowest BCUT2D eigenvalue weighted by molar-refractivity contribution is -0.139. The van der Waals surface area contributed by atoms with Gasteiger partial charge in [0, 0.05) is 32.4 Å². The number of pyridine rings is 1. The molecule has 2 aliphatic rings. The molecule has 2 aromatic heterocycles. The first-order chi connectivity index (χ1) is 16.5. The Labute approximate surface area is 195 Å². The van der Waals surface area contributed by atoms with Crippen molar-refractivity contribution >= 4 is 11.6 Å². The van der Waals surface area contributed by atoms with Crippen LogP contribution in [0.1, 0.15) is 22.8 Å². The van der Waals surface area contributed by atoms with Gasteiger partial charge in [-0.2, -0.15) is 4.68 Å². The molecule has 0 spiro atoms. The SMILES string of the molecule is [C-]#[N+]c1c(F)ccc([C@@H]2CN3CCN(C(=O)Cc4ccc(-n5cnnn5)nc4)C[C@H]3CO2)c1C. The molecular weight excluding hydrogens is 439 g/mol. The van der Waals surface area contributed by atoms with Gasteiger partial charge in [-0.15, -0.1) is 5.10 Å². The Bertz CT molecular complexity index is 1230. The highest BCUT2D eigenvalue weighted by atomic mass is 19.1. The van der Waals surface area contributed by atoms with E-state index in [4.69, 9.17) is 11.3 Å². The average Bonchev–Trinajstić information content (AvgIpc) is 3.39. The topological polar surface area (TPSA) is 93.6 Å². The Balaban J connectivity index is 1.19. The highest BCUT2D eigenvalue weighted by Crippen LogP contribution is 2.34. The van der Waals surface area contributed by atoms with Crippen LogP contribution in [0.4, 0.5) is 10.1 Å². The zero-order valence-electron chi connectivity index (χ0n) is 18.6. The zero-order valence-corrected chi connectivity index (χ0v) is 18.6. The predicted molar refractivity (Wildman–Crippen MR) is 119 cm³/mol. The van der Waals surface area contributed by atoms with Crippen molar-refractivity contribution in [1.82, 2.24) is 35.0 Å². The number of benzene rings is 1. The second-order valence-corrected chi connectivity index (χ2v) is 8.49. The molecule has 0 N–H and O–H groups in total. The first-order valence-corrected chi connectivity index (χ1v) is 11.0. The molecule has 0 saturated carbocycles. The van der Waals surface area contributed by atoms with E-state index in [0.717, 1.165) is 17.7 Å². The molecule has 174 valence electrons. The van der Waals surface area contributed by atoms with Crippen LogP contribution in [0.2, 0.25) is 0 Å². The van der Waals surface area contributed by atoms with Gasteiger partial charge in [-0.1, -0.05) is 12.1 Å². The van der Waals surface area contributed by atoms with Gasteiger partial charge in [0.1, 0.15) is 12.1 Å². The third-order valence-electron chi connectivity index (χ3n) is 6.48. The molecule has 0 aliphatic carbocycles. The molecule has 11 heteroatoms. The van der Waals surface area contributed by atoms with E-state index in [1.165, 1.54) is 17.1 Å². The normalized spacial score (nSPS) is 20.6. The number of piperazine rings is 1. The van der Waals surface area contributed by atoms with E-state index in [2.05, 4.69) is 30.3 Å². The van der Waals surface area contributed by atoms with Gasteiger partial charge in [-0.25, -0.2) is 14.2 Å². The number of amides is 1. The molecule has 5 rings (SSSR count). The Morgan fingerprint density at radius 2 is 2.15 bits per heavy atom. The van der Waals surface area contributed by atoms with Gasteiger partial charge in [0.25, 0.3) is 0 Å². The fourth-order valence-corrected chi connectivity index (χ4v) is 4.58. The smallest absolute Gasteiger partial charge is 0.227 e. The number of carbonyl (C=O) groups excluding carboxylic acids is 1. The molecule has 1 amide bonds. The van der Waals surface area contributed by atoms with Crippen LogP contribution in [0.25, 0.3) is 10.7 Å². The number of tetrazole rings is 1. The van der Waals surface area contributed by atoms with E-state index in [0.29, 0.717) is 37.6 Å². The van der Waals surface area contributed by atoms with Gasteiger partial charge in [0.15, 0.2) is 5.82 Å². The van der Waals surface area contributed by atoms with E-state index in [1.54, 1.807) is 25.3 Å². The largest absolute Gasteiger partial charge is 0.371 e. The minimum Gasteiger partial charge on any atom is -0.371 e. The number of morpholine rings is 1. The molecule has 2 saturated heterocycles.